The first-order valence-corrected chi connectivity index (χ1v) is 8.09. The maximum atomic E-state index is 6.48. The van der Waals surface area contributed by atoms with E-state index in [2.05, 4.69) is 37.2 Å². The Kier molecular flexibility index (Phi) is 4.42. The molecule has 0 radical (unpaired) electrons. The summed E-state index contributed by atoms with van der Waals surface area (Å²) in [5.74, 6) is 0.843. The summed E-state index contributed by atoms with van der Waals surface area (Å²) < 4.78 is 5.54. The van der Waals surface area contributed by atoms with E-state index in [1.807, 2.05) is 18.2 Å². The molecule has 0 N–H and O–H groups in total. The van der Waals surface area contributed by atoms with E-state index >= 15 is 0 Å². The fourth-order valence-electron chi connectivity index (χ4n) is 3.40. The molecule has 0 bridgehead atoms. The molecule has 1 aliphatic carbocycles. The molecule has 2 aromatic carbocycles. The third kappa shape index (κ3) is 2.73. The van der Waals surface area contributed by atoms with Gasteiger partial charge in [-0.25, -0.2) is 0 Å². The van der Waals surface area contributed by atoms with Gasteiger partial charge in [-0.3, -0.25) is 0 Å². The highest BCUT2D eigenvalue weighted by molar-refractivity contribution is 6.33. The van der Waals surface area contributed by atoms with E-state index in [4.69, 9.17) is 16.3 Å². The minimum atomic E-state index is 0.621. The van der Waals surface area contributed by atoms with Crippen molar-refractivity contribution in [1.82, 2.24) is 4.90 Å². The Balaban J connectivity index is 2.10. The summed E-state index contributed by atoms with van der Waals surface area (Å²) in [5.41, 5.74) is 5.10. The number of ether oxygens (including phenoxy) is 1. The SMILES string of the molecule is COc1cccc(Cl)c1-c1cccc2c1CCC(N(C)C)C2. The molecule has 1 aliphatic rings. The first kappa shape index (κ1) is 15.4. The van der Waals surface area contributed by atoms with Gasteiger partial charge in [0.1, 0.15) is 5.75 Å². The van der Waals surface area contributed by atoms with Crippen molar-refractivity contribution in [3.8, 4) is 16.9 Å². The molecule has 3 heteroatoms. The molecular weight excluding hydrogens is 294 g/mol. The second-order valence-electron chi connectivity index (χ2n) is 6.12. The average molecular weight is 316 g/mol. The highest BCUT2D eigenvalue weighted by Gasteiger charge is 2.24. The molecule has 0 amide bonds. The van der Waals surface area contributed by atoms with Crippen molar-refractivity contribution in [2.24, 2.45) is 0 Å². The highest BCUT2D eigenvalue weighted by Crippen LogP contribution is 2.41. The number of halogens is 1. The first-order chi connectivity index (χ1) is 10.6. The Hall–Kier alpha value is -1.51. The predicted molar refractivity (Wildman–Crippen MR) is 92.9 cm³/mol. The van der Waals surface area contributed by atoms with E-state index in [0.717, 1.165) is 29.2 Å². The summed E-state index contributed by atoms with van der Waals surface area (Å²) in [7, 11) is 6.03. The Morgan fingerprint density at radius 1 is 1.14 bits per heavy atom. The van der Waals surface area contributed by atoms with Crippen molar-refractivity contribution < 1.29 is 4.74 Å². The van der Waals surface area contributed by atoms with Crippen LogP contribution >= 0.6 is 11.6 Å². The van der Waals surface area contributed by atoms with Gasteiger partial charge in [-0.05, 0) is 62.2 Å². The number of rotatable bonds is 3. The van der Waals surface area contributed by atoms with Crippen LogP contribution in [-0.4, -0.2) is 32.1 Å². The minimum Gasteiger partial charge on any atom is -0.496 e. The largest absolute Gasteiger partial charge is 0.496 e. The molecule has 0 heterocycles. The van der Waals surface area contributed by atoms with Crippen LogP contribution in [0.15, 0.2) is 36.4 Å². The summed E-state index contributed by atoms with van der Waals surface area (Å²) >= 11 is 6.48. The number of likely N-dealkylation sites (N-methyl/N-ethyl adjacent to an activating group) is 1. The minimum absolute atomic E-state index is 0.621. The zero-order valence-corrected chi connectivity index (χ0v) is 14.2. The highest BCUT2D eigenvalue weighted by atomic mass is 35.5. The second-order valence-corrected chi connectivity index (χ2v) is 6.53. The van der Waals surface area contributed by atoms with Gasteiger partial charge in [0.05, 0.1) is 12.1 Å². The maximum absolute atomic E-state index is 6.48. The van der Waals surface area contributed by atoms with Crippen LogP contribution in [0.25, 0.3) is 11.1 Å². The van der Waals surface area contributed by atoms with Crippen molar-refractivity contribution in [3.63, 3.8) is 0 Å². The molecule has 0 saturated heterocycles. The Morgan fingerprint density at radius 3 is 2.64 bits per heavy atom. The molecule has 0 saturated carbocycles. The average Bonchev–Trinajstić information content (AvgIpc) is 2.53. The molecule has 22 heavy (non-hydrogen) atoms. The molecule has 1 unspecified atom stereocenters. The van der Waals surface area contributed by atoms with Crippen LogP contribution in [0, 0.1) is 0 Å². The lowest BCUT2D eigenvalue weighted by atomic mass is 9.83. The molecule has 2 aromatic rings. The van der Waals surface area contributed by atoms with Crippen LogP contribution < -0.4 is 4.74 Å². The summed E-state index contributed by atoms with van der Waals surface area (Å²) in [4.78, 5) is 2.33. The van der Waals surface area contributed by atoms with E-state index < -0.39 is 0 Å². The molecule has 0 aromatic heterocycles. The van der Waals surface area contributed by atoms with Crippen molar-refractivity contribution >= 4 is 11.6 Å². The Labute approximate surface area is 137 Å². The predicted octanol–water partition coefficient (Wildman–Crippen LogP) is 4.43. The third-order valence-electron chi connectivity index (χ3n) is 4.65. The van der Waals surface area contributed by atoms with Crippen molar-refractivity contribution in [2.75, 3.05) is 21.2 Å². The van der Waals surface area contributed by atoms with Gasteiger partial charge in [-0.15, -0.1) is 0 Å². The summed E-state index contributed by atoms with van der Waals surface area (Å²) in [6, 6.07) is 13.0. The van der Waals surface area contributed by atoms with Crippen LogP contribution in [0.2, 0.25) is 5.02 Å². The quantitative estimate of drug-likeness (QED) is 0.830. The fraction of sp³-hybridized carbons (Fsp3) is 0.368. The summed E-state index contributed by atoms with van der Waals surface area (Å²) in [5, 5.41) is 0.752. The number of benzene rings is 2. The van der Waals surface area contributed by atoms with Crippen molar-refractivity contribution in [3.05, 3.63) is 52.5 Å². The monoisotopic (exact) mass is 315 g/mol. The lowest BCUT2D eigenvalue weighted by molar-refractivity contribution is 0.268. The third-order valence-corrected chi connectivity index (χ3v) is 4.97. The molecule has 0 fully saturated rings. The molecule has 0 aliphatic heterocycles. The van der Waals surface area contributed by atoms with Gasteiger partial charge < -0.3 is 9.64 Å². The summed E-state index contributed by atoms with van der Waals surface area (Å²) in [6.07, 6.45) is 3.37. The number of fused-ring (bicyclic) bond motifs is 1. The maximum Gasteiger partial charge on any atom is 0.128 e. The van der Waals surface area contributed by atoms with Gasteiger partial charge in [-0.2, -0.15) is 0 Å². The van der Waals surface area contributed by atoms with Gasteiger partial charge in [0.15, 0.2) is 0 Å². The molecule has 2 nitrogen and oxygen atoms in total. The standard InChI is InChI=1S/C19H22ClNO/c1-21(2)14-10-11-15-13(12-14)6-4-7-16(15)19-17(20)8-5-9-18(19)22-3/h4-9,14H,10-12H2,1-3H3. The van der Waals surface area contributed by atoms with Gasteiger partial charge in [0.25, 0.3) is 0 Å². The zero-order chi connectivity index (χ0) is 15.7. The molecule has 1 atom stereocenters. The normalized spacial score (nSPS) is 17.4. The van der Waals surface area contributed by atoms with Gasteiger partial charge >= 0.3 is 0 Å². The second kappa shape index (κ2) is 6.31. The van der Waals surface area contributed by atoms with E-state index in [0.29, 0.717) is 6.04 Å². The number of hydrogen-bond donors (Lipinski definition) is 0. The smallest absolute Gasteiger partial charge is 0.128 e. The van der Waals surface area contributed by atoms with Crippen LogP contribution in [0.3, 0.4) is 0 Å². The number of nitrogens with zero attached hydrogens (tertiary/aromatic N) is 1. The lowest BCUT2D eigenvalue weighted by Crippen LogP contribution is -2.33. The molecular formula is C19H22ClNO. The van der Waals surface area contributed by atoms with E-state index in [-0.39, 0.29) is 0 Å². The fourth-order valence-corrected chi connectivity index (χ4v) is 3.67. The van der Waals surface area contributed by atoms with Gasteiger partial charge in [0, 0.05) is 11.6 Å². The van der Waals surface area contributed by atoms with E-state index in [9.17, 15) is 0 Å². The van der Waals surface area contributed by atoms with Crippen LogP contribution in [0.5, 0.6) is 5.75 Å². The Bertz CT molecular complexity index is 681. The number of methoxy groups -OCH3 is 1. The van der Waals surface area contributed by atoms with Crippen LogP contribution in [0.4, 0.5) is 0 Å². The van der Waals surface area contributed by atoms with Crippen molar-refractivity contribution in [1.29, 1.82) is 0 Å². The van der Waals surface area contributed by atoms with E-state index in [1.54, 1.807) is 7.11 Å². The van der Waals surface area contributed by atoms with Crippen LogP contribution in [0.1, 0.15) is 17.5 Å². The molecule has 0 spiro atoms. The first-order valence-electron chi connectivity index (χ1n) is 7.72. The van der Waals surface area contributed by atoms with Crippen molar-refractivity contribution in [2.45, 2.75) is 25.3 Å². The topological polar surface area (TPSA) is 12.5 Å². The Morgan fingerprint density at radius 2 is 1.91 bits per heavy atom. The van der Waals surface area contributed by atoms with Gasteiger partial charge in [-0.1, -0.05) is 35.9 Å². The molecule has 116 valence electrons. The van der Waals surface area contributed by atoms with Gasteiger partial charge in [0.2, 0.25) is 0 Å². The lowest BCUT2D eigenvalue weighted by Gasteiger charge is -2.31. The molecule has 3 rings (SSSR count). The summed E-state index contributed by atoms with van der Waals surface area (Å²) in [6.45, 7) is 0. The van der Waals surface area contributed by atoms with Crippen LogP contribution in [-0.2, 0) is 12.8 Å². The van der Waals surface area contributed by atoms with E-state index in [1.165, 1.54) is 23.1 Å². The number of hydrogen-bond acceptors (Lipinski definition) is 2. The zero-order valence-electron chi connectivity index (χ0n) is 13.4.